The number of halogens is 1. The molecule has 1 N–H and O–H groups in total. The first-order valence-electron chi connectivity index (χ1n) is 4.41. The van der Waals surface area contributed by atoms with E-state index in [1.807, 2.05) is 6.07 Å². The second kappa shape index (κ2) is 4.31. The molecule has 0 unspecified atom stereocenters. The Morgan fingerprint density at radius 2 is 2.25 bits per heavy atom. The molecule has 5 nitrogen and oxygen atoms in total. The quantitative estimate of drug-likeness (QED) is 0.806. The summed E-state index contributed by atoms with van der Waals surface area (Å²) in [6.45, 7) is 0. The lowest BCUT2D eigenvalue weighted by Crippen LogP contribution is -2.02. The summed E-state index contributed by atoms with van der Waals surface area (Å²) in [4.78, 5) is 4.81. The van der Waals surface area contributed by atoms with Gasteiger partial charge in [-0.15, -0.1) is 10.2 Å². The van der Waals surface area contributed by atoms with Crippen LogP contribution in [0.15, 0.2) is 18.2 Å². The molecular weight excluding hydrogens is 228 g/mol. The van der Waals surface area contributed by atoms with Crippen LogP contribution < -0.4 is 5.48 Å². The second-order valence-corrected chi connectivity index (χ2v) is 3.44. The zero-order chi connectivity index (χ0) is 11.5. The summed E-state index contributed by atoms with van der Waals surface area (Å²) in [5.74, 6) is 0. The maximum atomic E-state index is 8.89. The fourth-order valence-electron chi connectivity index (χ4n) is 1.36. The largest absolute Gasteiger partial charge is 0.279 e. The highest BCUT2D eigenvalue weighted by Crippen LogP contribution is 2.26. The van der Waals surface area contributed by atoms with Crippen LogP contribution in [0.1, 0.15) is 5.69 Å². The first-order chi connectivity index (χ1) is 7.76. The van der Waals surface area contributed by atoms with Gasteiger partial charge in [0, 0.05) is 10.4 Å². The van der Waals surface area contributed by atoms with E-state index >= 15 is 0 Å². The molecule has 0 bridgehead atoms. The van der Waals surface area contributed by atoms with Crippen molar-refractivity contribution in [3.63, 3.8) is 0 Å². The first kappa shape index (κ1) is 10.6. The minimum Gasteiger partial charge on any atom is -0.279 e. The number of anilines is 1. The highest BCUT2D eigenvalue weighted by Gasteiger charge is 2.10. The summed E-state index contributed by atoms with van der Waals surface area (Å²) >= 11 is 5.89. The molecule has 2 rings (SSSR count). The summed E-state index contributed by atoms with van der Waals surface area (Å²) in [7, 11) is 1.46. The van der Waals surface area contributed by atoms with Gasteiger partial charge >= 0.3 is 0 Å². The van der Waals surface area contributed by atoms with E-state index in [0.717, 1.165) is 0 Å². The number of nitrogens with zero attached hydrogens (tertiary/aromatic N) is 3. The standard InChI is InChI=1S/C10H7ClN4O/c1-16-15-10-7-4-6(11)2-3-8(7)13-14-9(10)5-12/h2-4H,1H3,(H,13,15). The van der Waals surface area contributed by atoms with Crippen molar-refractivity contribution >= 4 is 28.2 Å². The van der Waals surface area contributed by atoms with Crippen LogP contribution in [0.3, 0.4) is 0 Å². The van der Waals surface area contributed by atoms with Gasteiger partial charge in [-0.2, -0.15) is 5.26 Å². The van der Waals surface area contributed by atoms with Crippen molar-refractivity contribution in [1.82, 2.24) is 10.2 Å². The van der Waals surface area contributed by atoms with Crippen LogP contribution in [0.5, 0.6) is 0 Å². The molecule has 0 saturated carbocycles. The SMILES string of the molecule is CONc1c(C#N)nnc2ccc(Cl)cc12. The van der Waals surface area contributed by atoms with Gasteiger partial charge < -0.3 is 0 Å². The molecule has 16 heavy (non-hydrogen) atoms. The predicted octanol–water partition coefficient (Wildman–Crippen LogP) is 2.13. The van der Waals surface area contributed by atoms with Gasteiger partial charge in [0.1, 0.15) is 11.8 Å². The Kier molecular flexibility index (Phi) is 2.86. The highest BCUT2D eigenvalue weighted by atomic mass is 35.5. The van der Waals surface area contributed by atoms with Gasteiger partial charge in [-0.3, -0.25) is 10.3 Å². The van der Waals surface area contributed by atoms with Crippen molar-refractivity contribution < 1.29 is 4.84 Å². The molecule has 0 fully saturated rings. The Morgan fingerprint density at radius 1 is 1.44 bits per heavy atom. The molecule has 1 aromatic heterocycles. The topological polar surface area (TPSA) is 70.8 Å². The maximum Gasteiger partial charge on any atom is 0.189 e. The van der Waals surface area contributed by atoms with Crippen LogP contribution in [0.2, 0.25) is 5.02 Å². The minimum absolute atomic E-state index is 0.164. The number of hydrogen-bond acceptors (Lipinski definition) is 5. The molecule has 1 heterocycles. The van der Waals surface area contributed by atoms with Crippen molar-refractivity contribution in [2.24, 2.45) is 0 Å². The van der Waals surface area contributed by atoms with E-state index in [4.69, 9.17) is 21.7 Å². The zero-order valence-corrected chi connectivity index (χ0v) is 9.12. The lowest BCUT2D eigenvalue weighted by molar-refractivity contribution is 0.271. The molecule has 6 heteroatoms. The van der Waals surface area contributed by atoms with Crippen molar-refractivity contribution in [1.29, 1.82) is 5.26 Å². The van der Waals surface area contributed by atoms with Crippen LogP contribution in [0.25, 0.3) is 10.9 Å². The third kappa shape index (κ3) is 1.76. The molecule has 0 amide bonds. The van der Waals surface area contributed by atoms with E-state index in [9.17, 15) is 0 Å². The number of hydrogen-bond donors (Lipinski definition) is 1. The number of aromatic nitrogens is 2. The molecule has 0 atom stereocenters. The van der Waals surface area contributed by atoms with E-state index in [0.29, 0.717) is 21.6 Å². The number of fused-ring (bicyclic) bond motifs is 1. The van der Waals surface area contributed by atoms with E-state index < -0.39 is 0 Å². The first-order valence-corrected chi connectivity index (χ1v) is 4.79. The average Bonchev–Trinajstić information content (AvgIpc) is 2.30. The van der Waals surface area contributed by atoms with E-state index in [1.165, 1.54) is 7.11 Å². The maximum absolute atomic E-state index is 8.89. The molecule has 0 spiro atoms. The molecule has 0 radical (unpaired) electrons. The second-order valence-electron chi connectivity index (χ2n) is 3.00. The normalized spacial score (nSPS) is 10.1. The summed E-state index contributed by atoms with van der Waals surface area (Å²) in [6, 6.07) is 7.07. The molecule has 80 valence electrons. The molecule has 0 saturated heterocycles. The van der Waals surface area contributed by atoms with Crippen LogP contribution in [-0.2, 0) is 4.84 Å². The number of benzene rings is 1. The lowest BCUT2D eigenvalue weighted by atomic mass is 10.2. The van der Waals surface area contributed by atoms with Crippen LogP contribution in [-0.4, -0.2) is 17.3 Å². The summed E-state index contributed by atoms with van der Waals surface area (Å²) in [5.41, 5.74) is 3.89. The van der Waals surface area contributed by atoms with Crippen molar-refractivity contribution in [2.45, 2.75) is 0 Å². The van der Waals surface area contributed by atoms with Crippen LogP contribution in [0.4, 0.5) is 5.69 Å². The van der Waals surface area contributed by atoms with Crippen LogP contribution in [0, 0.1) is 11.3 Å². The number of nitrogens with one attached hydrogen (secondary N) is 1. The minimum atomic E-state index is 0.164. The highest BCUT2D eigenvalue weighted by molar-refractivity contribution is 6.31. The van der Waals surface area contributed by atoms with Gasteiger partial charge in [0.15, 0.2) is 5.69 Å². The Hall–Kier alpha value is -1.90. The molecule has 2 aromatic rings. The Balaban J connectivity index is 2.77. The van der Waals surface area contributed by atoms with Gasteiger partial charge in [0.05, 0.1) is 12.6 Å². The predicted molar refractivity (Wildman–Crippen MR) is 59.9 cm³/mol. The Bertz CT molecular complexity index is 579. The number of rotatable bonds is 2. The monoisotopic (exact) mass is 234 g/mol. The zero-order valence-electron chi connectivity index (χ0n) is 8.36. The average molecular weight is 235 g/mol. The molecule has 1 aromatic carbocycles. The fraction of sp³-hybridized carbons (Fsp3) is 0.100. The van der Waals surface area contributed by atoms with Gasteiger partial charge in [0.2, 0.25) is 0 Å². The van der Waals surface area contributed by atoms with E-state index in [-0.39, 0.29) is 5.69 Å². The van der Waals surface area contributed by atoms with Crippen molar-refractivity contribution in [3.05, 3.63) is 28.9 Å². The number of nitriles is 1. The summed E-state index contributed by atoms with van der Waals surface area (Å²) in [6.07, 6.45) is 0. The Labute approximate surface area is 96.6 Å². The van der Waals surface area contributed by atoms with Gasteiger partial charge in [-0.1, -0.05) is 11.6 Å². The summed E-state index contributed by atoms with van der Waals surface area (Å²) < 4.78 is 0. The third-order valence-electron chi connectivity index (χ3n) is 2.03. The van der Waals surface area contributed by atoms with Crippen LogP contribution >= 0.6 is 11.6 Å². The smallest absolute Gasteiger partial charge is 0.189 e. The molecule has 0 aliphatic carbocycles. The van der Waals surface area contributed by atoms with E-state index in [2.05, 4.69) is 15.7 Å². The van der Waals surface area contributed by atoms with E-state index in [1.54, 1.807) is 18.2 Å². The summed E-state index contributed by atoms with van der Waals surface area (Å²) in [5, 5.41) is 17.8. The van der Waals surface area contributed by atoms with Crippen molar-refractivity contribution in [3.8, 4) is 6.07 Å². The van der Waals surface area contributed by atoms with Gasteiger partial charge in [-0.25, -0.2) is 0 Å². The Morgan fingerprint density at radius 3 is 2.94 bits per heavy atom. The van der Waals surface area contributed by atoms with Gasteiger partial charge in [-0.05, 0) is 18.2 Å². The van der Waals surface area contributed by atoms with Gasteiger partial charge in [0.25, 0.3) is 0 Å². The third-order valence-corrected chi connectivity index (χ3v) is 2.27. The fourth-order valence-corrected chi connectivity index (χ4v) is 1.53. The molecule has 0 aliphatic heterocycles. The van der Waals surface area contributed by atoms with Crippen molar-refractivity contribution in [2.75, 3.05) is 12.6 Å². The molecular formula is C10H7ClN4O. The lowest BCUT2D eigenvalue weighted by Gasteiger charge is -2.07. The molecule has 0 aliphatic rings.